The molecule has 0 saturated heterocycles. The lowest BCUT2D eigenvalue weighted by Gasteiger charge is -2.12. The smallest absolute Gasteiger partial charge is 0.339 e. The number of methoxy groups -OCH3 is 2. The molecule has 0 spiro atoms. The van der Waals surface area contributed by atoms with Crippen molar-refractivity contribution in [3.63, 3.8) is 0 Å². The lowest BCUT2D eigenvalue weighted by Crippen LogP contribution is -2.22. The lowest BCUT2D eigenvalue weighted by atomic mass is 10.2. The van der Waals surface area contributed by atoms with Gasteiger partial charge in [0.2, 0.25) is 0 Å². The number of hydrogen-bond donors (Lipinski definition) is 1. The van der Waals surface area contributed by atoms with E-state index in [1.807, 2.05) is 0 Å². The van der Waals surface area contributed by atoms with E-state index in [2.05, 4.69) is 5.32 Å². The van der Waals surface area contributed by atoms with Crippen LogP contribution in [0.5, 0.6) is 11.5 Å². The minimum absolute atomic E-state index is 0.130. The van der Waals surface area contributed by atoms with Gasteiger partial charge >= 0.3 is 5.97 Å². The Morgan fingerprint density at radius 3 is 2.37 bits per heavy atom. The van der Waals surface area contributed by atoms with Crippen LogP contribution in [0.3, 0.4) is 0 Å². The maximum atomic E-state index is 12.2. The van der Waals surface area contributed by atoms with Crippen molar-refractivity contribution in [2.75, 3.05) is 32.4 Å². The van der Waals surface area contributed by atoms with E-state index in [9.17, 15) is 18.0 Å². The Kier molecular flexibility index (Phi) is 6.40. The first-order valence-corrected chi connectivity index (χ1v) is 9.63. The van der Waals surface area contributed by atoms with Crippen LogP contribution in [0.25, 0.3) is 0 Å². The molecule has 0 heterocycles. The predicted octanol–water partition coefficient (Wildman–Crippen LogP) is 1.90. The molecule has 0 aromatic heterocycles. The van der Waals surface area contributed by atoms with Crippen molar-refractivity contribution in [3.8, 4) is 11.5 Å². The van der Waals surface area contributed by atoms with Crippen LogP contribution in [0, 0.1) is 0 Å². The molecule has 2 aromatic carbocycles. The number of carbonyl (C=O) groups is 2. The fraction of sp³-hybridized carbons (Fsp3) is 0.222. The highest BCUT2D eigenvalue weighted by atomic mass is 32.2. The van der Waals surface area contributed by atoms with Crippen LogP contribution in [0.1, 0.15) is 10.4 Å². The zero-order valence-corrected chi connectivity index (χ0v) is 15.8. The molecule has 0 aliphatic rings. The number of sulfone groups is 1. The standard InChI is InChI=1S/C18H19NO7S/c1-24-12-8-9-14(15(10-12)25-2)19-17(20)11-26-18(21)13-6-4-5-7-16(13)27(3,22)23/h4-10H,11H2,1-3H3,(H,19,20). The highest BCUT2D eigenvalue weighted by Gasteiger charge is 2.20. The van der Waals surface area contributed by atoms with Gasteiger partial charge in [-0.2, -0.15) is 0 Å². The third kappa shape index (κ3) is 5.20. The van der Waals surface area contributed by atoms with Gasteiger partial charge in [-0.15, -0.1) is 0 Å². The van der Waals surface area contributed by atoms with Crippen LogP contribution in [0.2, 0.25) is 0 Å². The van der Waals surface area contributed by atoms with Gasteiger partial charge in [-0.05, 0) is 24.3 Å². The van der Waals surface area contributed by atoms with Gasteiger partial charge in [-0.25, -0.2) is 13.2 Å². The monoisotopic (exact) mass is 393 g/mol. The molecular formula is C18H19NO7S. The molecule has 0 unspecified atom stereocenters. The van der Waals surface area contributed by atoms with Crippen molar-refractivity contribution in [2.24, 2.45) is 0 Å². The fourth-order valence-electron chi connectivity index (χ4n) is 2.26. The van der Waals surface area contributed by atoms with E-state index in [-0.39, 0.29) is 10.5 Å². The maximum Gasteiger partial charge on any atom is 0.339 e. The molecule has 0 atom stereocenters. The number of rotatable bonds is 7. The van der Waals surface area contributed by atoms with Crippen LogP contribution < -0.4 is 14.8 Å². The average molecular weight is 393 g/mol. The van der Waals surface area contributed by atoms with E-state index in [0.717, 1.165) is 6.26 Å². The summed E-state index contributed by atoms with van der Waals surface area (Å²) in [5, 5.41) is 2.55. The second kappa shape index (κ2) is 8.54. The lowest BCUT2D eigenvalue weighted by molar-refractivity contribution is -0.119. The largest absolute Gasteiger partial charge is 0.497 e. The summed E-state index contributed by atoms with van der Waals surface area (Å²) in [6.07, 6.45) is 0.988. The van der Waals surface area contributed by atoms with Crippen LogP contribution in [-0.4, -0.2) is 47.4 Å². The zero-order valence-electron chi connectivity index (χ0n) is 15.0. The quantitative estimate of drug-likeness (QED) is 0.716. The molecule has 27 heavy (non-hydrogen) atoms. The van der Waals surface area contributed by atoms with E-state index >= 15 is 0 Å². The molecule has 8 nitrogen and oxygen atoms in total. The fourth-order valence-corrected chi connectivity index (χ4v) is 3.13. The number of nitrogens with one attached hydrogen (secondary N) is 1. The normalized spacial score (nSPS) is 10.8. The number of ether oxygens (including phenoxy) is 3. The van der Waals surface area contributed by atoms with Crippen molar-refractivity contribution in [2.45, 2.75) is 4.90 Å². The Bertz CT molecular complexity index is 954. The minimum atomic E-state index is -3.61. The van der Waals surface area contributed by atoms with Gasteiger partial charge in [0.15, 0.2) is 16.4 Å². The van der Waals surface area contributed by atoms with Crippen molar-refractivity contribution in [1.29, 1.82) is 0 Å². The molecule has 2 aromatic rings. The van der Waals surface area contributed by atoms with Crippen LogP contribution in [-0.2, 0) is 19.4 Å². The first-order chi connectivity index (χ1) is 12.8. The first kappa shape index (κ1) is 20.2. The van der Waals surface area contributed by atoms with E-state index in [4.69, 9.17) is 14.2 Å². The summed E-state index contributed by atoms with van der Waals surface area (Å²) in [5.41, 5.74) is 0.241. The van der Waals surface area contributed by atoms with Crippen molar-refractivity contribution >= 4 is 27.4 Å². The highest BCUT2D eigenvalue weighted by molar-refractivity contribution is 7.90. The van der Waals surface area contributed by atoms with Gasteiger partial charge in [0.1, 0.15) is 11.5 Å². The molecule has 0 aliphatic heterocycles. The second-order valence-corrected chi connectivity index (χ2v) is 7.44. The number of amides is 1. The van der Waals surface area contributed by atoms with Gasteiger partial charge in [0, 0.05) is 12.3 Å². The Balaban J connectivity index is 2.06. The van der Waals surface area contributed by atoms with E-state index < -0.39 is 28.3 Å². The second-order valence-electron chi connectivity index (χ2n) is 5.46. The van der Waals surface area contributed by atoms with Gasteiger partial charge in [0.25, 0.3) is 5.91 Å². The molecule has 144 valence electrons. The number of anilines is 1. The minimum Gasteiger partial charge on any atom is -0.497 e. The summed E-state index contributed by atoms with van der Waals surface area (Å²) in [6.45, 7) is -0.591. The Morgan fingerprint density at radius 2 is 1.74 bits per heavy atom. The highest BCUT2D eigenvalue weighted by Crippen LogP contribution is 2.28. The van der Waals surface area contributed by atoms with Gasteiger partial charge in [0.05, 0.1) is 30.4 Å². The summed E-state index contributed by atoms with van der Waals surface area (Å²) in [7, 11) is -0.673. The van der Waals surface area contributed by atoms with Gasteiger partial charge in [-0.3, -0.25) is 4.79 Å². The van der Waals surface area contributed by atoms with Crippen molar-refractivity contribution in [1.82, 2.24) is 0 Å². The molecule has 0 aliphatic carbocycles. The number of benzene rings is 2. The third-order valence-corrected chi connectivity index (χ3v) is 4.68. The number of hydrogen-bond acceptors (Lipinski definition) is 7. The Hall–Kier alpha value is -3.07. The summed E-state index contributed by atoms with van der Waals surface area (Å²) in [6, 6.07) is 10.4. The SMILES string of the molecule is COc1ccc(NC(=O)COC(=O)c2ccccc2S(C)(=O)=O)c(OC)c1. The maximum absolute atomic E-state index is 12.2. The summed E-state index contributed by atoms with van der Waals surface area (Å²) < 4.78 is 38.7. The third-order valence-electron chi connectivity index (χ3n) is 3.52. The Morgan fingerprint density at radius 1 is 1.04 bits per heavy atom. The zero-order chi connectivity index (χ0) is 20.0. The van der Waals surface area contributed by atoms with Crippen LogP contribution in [0.4, 0.5) is 5.69 Å². The predicted molar refractivity (Wildman–Crippen MR) is 98.0 cm³/mol. The summed E-state index contributed by atoms with van der Waals surface area (Å²) in [4.78, 5) is 24.1. The molecule has 1 amide bonds. The van der Waals surface area contributed by atoms with Crippen LogP contribution >= 0.6 is 0 Å². The van der Waals surface area contributed by atoms with Gasteiger partial charge in [-0.1, -0.05) is 12.1 Å². The first-order valence-electron chi connectivity index (χ1n) is 7.74. The molecule has 9 heteroatoms. The molecule has 0 saturated carbocycles. The van der Waals surface area contributed by atoms with Crippen molar-refractivity contribution < 1.29 is 32.2 Å². The Labute approximate surface area is 157 Å². The molecular weight excluding hydrogens is 374 g/mol. The molecule has 2 rings (SSSR count). The molecule has 0 radical (unpaired) electrons. The van der Waals surface area contributed by atoms with E-state index in [0.29, 0.717) is 17.2 Å². The van der Waals surface area contributed by atoms with Crippen LogP contribution in [0.15, 0.2) is 47.4 Å². The molecule has 1 N–H and O–H groups in total. The number of esters is 1. The van der Waals surface area contributed by atoms with E-state index in [1.165, 1.54) is 38.5 Å². The summed E-state index contributed by atoms with van der Waals surface area (Å²) in [5.74, 6) is -0.596. The summed E-state index contributed by atoms with van der Waals surface area (Å²) >= 11 is 0. The van der Waals surface area contributed by atoms with Gasteiger partial charge < -0.3 is 19.5 Å². The topological polar surface area (TPSA) is 108 Å². The average Bonchev–Trinajstić information content (AvgIpc) is 2.65. The number of carbonyl (C=O) groups excluding carboxylic acids is 2. The van der Waals surface area contributed by atoms with Crippen molar-refractivity contribution in [3.05, 3.63) is 48.0 Å². The molecule has 0 bridgehead atoms. The molecule has 0 fully saturated rings. The van der Waals surface area contributed by atoms with E-state index in [1.54, 1.807) is 18.2 Å².